The highest BCUT2D eigenvalue weighted by molar-refractivity contribution is 7.89. The Hall–Kier alpha value is -1.44. The molecule has 0 aliphatic rings. The molecule has 0 unspecified atom stereocenters. The van der Waals surface area contributed by atoms with E-state index in [9.17, 15) is 8.42 Å². The predicted octanol–water partition coefficient (Wildman–Crippen LogP) is 2.54. The lowest BCUT2D eigenvalue weighted by atomic mass is 9.97. The van der Waals surface area contributed by atoms with Crippen molar-refractivity contribution in [3.8, 4) is 0 Å². The molecule has 8 heteroatoms. The topological polar surface area (TPSA) is 85.1 Å². The van der Waals surface area contributed by atoms with Gasteiger partial charge in [0, 0.05) is 18.4 Å². The molecule has 6 nitrogen and oxygen atoms in total. The second kappa shape index (κ2) is 6.36. The van der Waals surface area contributed by atoms with E-state index in [0.29, 0.717) is 18.1 Å². The summed E-state index contributed by atoms with van der Waals surface area (Å²) < 4.78 is 31.9. The molecule has 0 radical (unpaired) electrons. The lowest BCUT2D eigenvalue weighted by Gasteiger charge is -2.10. The second-order valence-electron chi connectivity index (χ2n) is 5.84. The standard InChI is InChI=1S/C14H18ClN3O3S/c1-14(2,3)13-17-12(18-21-13)8-9-16-22(19,20)11-7-5-4-6-10(11)15/h4-7,16H,8-9H2,1-3H3. The molecule has 0 amide bonds. The van der Waals surface area contributed by atoms with Crippen molar-refractivity contribution in [3.63, 3.8) is 0 Å². The van der Waals surface area contributed by atoms with Gasteiger partial charge in [-0.1, -0.05) is 49.7 Å². The zero-order valence-corrected chi connectivity index (χ0v) is 14.2. The molecule has 1 heterocycles. The summed E-state index contributed by atoms with van der Waals surface area (Å²) in [7, 11) is -3.65. The Bertz CT molecular complexity index is 751. The Morgan fingerprint density at radius 2 is 1.95 bits per heavy atom. The fourth-order valence-corrected chi connectivity index (χ4v) is 3.25. The van der Waals surface area contributed by atoms with Gasteiger partial charge in [-0.25, -0.2) is 13.1 Å². The molecule has 1 aromatic carbocycles. The molecule has 2 rings (SSSR count). The number of hydrogen-bond donors (Lipinski definition) is 1. The quantitative estimate of drug-likeness (QED) is 0.901. The van der Waals surface area contributed by atoms with E-state index in [1.54, 1.807) is 12.1 Å². The maximum atomic E-state index is 12.1. The van der Waals surface area contributed by atoms with Crippen molar-refractivity contribution in [2.75, 3.05) is 6.54 Å². The Morgan fingerprint density at radius 3 is 2.55 bits per heavy atom. The summed E-state index contributed by atoms with van der Waals surface area (Å²) in [6, 6.07) is 6.28. The first-order valence-corrected chi connectivity index (χ1v) is 8.63. The minimum Gasteiger partial charge on any atom is -0.339 e. The van der Waals surface area contributed by atoms with Crippen LogP contribution in [0.3, 0.4) is 0 Å². The summed E-state index contributed by atoms with van der Waals surface area (Å²) in [6.45, 7) is 6.05. The summed E-state index contributed by atoms with van der Waals surface area (Å²) in [5.74, 6) is 0.989. The van der Waals surface area contributed by atoms with Crippen molar-refractivity contribution in [1.82, 2.24) is 14.9 Å². The lowest BCUT2D eigenvalue weighted by molar-refractivity contribution is 0.318. The molecule has 0 aliphatic heterocycles. The molecule has 2 aromatic rings. The van der Waals surface area contributed by atoms with Crippen LogP contribution in [-0.2, 0) is 21.9 Å². The van der Waals surface area contributed by atoms with Crippen molar-refractivity contribution < 1.29 is 12.9 Å². The van der Waals surface area contributed by atoms with Gasteiger partial charge in [-0.05, 0) is 12.1 Å². The fourth-order valence-electron chi connectivity index (χ4n) is 1.70. The third kappa shape index (κ3) is 4.06. The van der Waals surface area contributed by atoms with E-state index in [-0.39, 0.29) is 21.9 Å². The molecule has 120 valence electrons. The minimum atomic E-state index is -3.65. The van der Waals surface area contributed by atoms with Gasteiger partial charge in [-0.3, -0.25) is 0 Å². The second-order valence-corrected chi connectivity index (χ2v) is 7.99. The number of sulfonamides is 1. The third-order valence-electron chi connectivity index (χ3n) is 2.88. The molecule has 0 saturated heterocycles. The molecule has 1 N–H and O–H groups in total. The number of aromatic nitrogens is 2. The SMILES string of the molecule is CC(C)(C)c1nc(CCNS(=O)(=O)c2ccccc2Cl)no1. The predicted molar refractivity (Wildman–Crippen MR) is 83.3 cm³/mol. The average molecular weight is 344 g/mol. The van der Waals surface area contributed by atoms with E-state index >= 15 is 0 Å². The molecule has 0 fully saturated rings. The van der Waals surface area contributed by atoms with Crippen molar-refractivity contribution in [2.45, 2.75) is 37.5 Å². The van der Waals surface area contributed by atoms with Gasteiger partial charge in [0.1, 0.15) is 4.90 Å². The molecule has 1 aromatic heterocycles. The molecular formula is C14H18ClN3O3S. The van der Waals surface area contributed by atoms with E-state index < -0.39 is 10.0 Å². The molecule has 0 spiro atoms. The Labute approximate surface area is 134 Å². The van der Waals surface area contributed by atoms with Gasteiger partial charge in [0.25, 0.3) is 0 Å². The maximum absolute atomic E-state index is 12.1. The summed E-state index contributed by atoms with van der Waals surface area (Å²) in [6.07, 6.45) is 0.337. The number of rotatable bonds is 5. The van der Waals surface area contributed by atoms with Gasteiger partial charge in [0.15, 0.2) is 5.82 Å². The van der Waals surface area contributed by atoms with Crippen LogP contribution in [0.2, 0.25) is 5.02 Å². The van der Waals surface area contributed by atoms with Crippen LogP contribution in [-0.4, -0.2) is 25.1 Å². The van der Waals surface area contributed by atoms with Crippen LogP contribution >= 0.6 is 11.6 Å². The largest absolute Gasteiger partial charge is 0.339 e. The monoisotopic (exact) mass is 343 g/mol. The third-order valence-corrected chi connectivity index (χ3v) is 4.84. The van der Waals surface area contributed by atoms with Crippen molar-refractivity contribution in [2.24, 2.45) is 0 Å². The summed E-state index contributed by atoms with van der Waals surface area (Å²) in [5, 5.41) is 4.03. The molecule has 22 heavy (non-hydrogen) atoms. The fraction of sp³-hybridized carbons (Fsp3) is 0.429. The van der Waals surface area contributed by atoms with Gasteiger partial charge in [-0.2, -0.15) is 4.98 Å². The first-order valence-electron chi connectivity index (χ1n) is 6.77. The van der Waals surface area contributed by atoms with Crippen LogP contribution in [0.15, 0.2) is 33.7 Å². The number of nitrogens with zero attached hydrogens (tertiary/aromatic N) is 2. The average Bonchev–Trinajstić information content (AvgIpc) is 2.87. The van der Waals surface area contributed by atoms with Crippen LogP contribution in [0.4, 0.5) is 0 Å². The summed E-state index contributed by atoms with van der Waals surface area (Å²) in [4.78, 5) is 4.31. The zero-order chi connectivity index (χ0) is 16.4. The van der Waals surface area contributed by atoms with Crippen LogP contribution in [0.1, 0.15) is 32.5 Å². The zero-order valence-electron chi connectivity index (χ0n) is 12.6. The van der Waals surface area contributed by atoms with Gasteiger partial charge in [0.2, 0.25) is 15.9 Å². The molecule has 0 atom stereocenters. The highest BCUT2D eigenvalue weighted by Gasteiger charge is 2.22. The van der Waals surface area contributed by atoms with E-state index in [4.69, 9.17) is 16.1 Å². The first kappa shape index (κ1) is 16.9. The normalized spacial score (nSPS) is 12.5. The highest BCUT2D eigenvalue weighted by Crippen LogP contribution is 2.21. The number of halogens is 1. The first-order chi connectivity index (χ1) is 10.2. The number of nitrogens with one attached hydrogen (secondary N) is 1. The summed E-state index contributed by atoms with van der Waals surface area (Å²) >= 11 is 5.90. The van der Waals surface area contributed by atoms with Crippen LogP contribution in [0.5, 0.6) is 0 Å². The minimum absolute atomic E-state index is 0.0557. The lowest BCUT2D eigenvalue weighted by Crippen LogP contribution is -2.26. The smallest absolute Gasteiger partial charge is 0.242 e. The van der Waals surface area contributed by atoms with Crippen molar-refractivity contribution in [3.05, 3.63) is 41.0 Å². The van der Waals surface area contributed by atoms with E-state index in [1.807, 2.05) is 20.8 Å². The maximum Gasteiger partial charge on any atom is 0.242 e. The number of benzene rings is 1. The van der Waals surface area contributed by atoms with E-state index in [2.05, 4.69) is 14.9 Å². The van der Waals surface area contributed by atoms with Gasteiger partial charge >= 0.3 is 0 Å². The van der Waals surface area contributed by atoms with Crippen LogP contribution in [0.25, 0.3) is 0 Å². The van der Waals surface area contributed by atoms with Crippen molar-refractivity contribution >= 4 is 21.6 Å². The Kier molecular flexibility index (Phi) is 4.89. The molecular weight excluding hydrogens is 326 g/mol. The molecule has 0 bridgehead atoms. The van der Waals surface area contributed by atoms with Crippen LogP contribution < -0.4 is 4.72 Å². The van der Waals surface area contributed by atoms with E-state index in [1.165, 1.54) is 12.1 Å². The van der Waals surface area contributed by atoms with Gasteiger partial charge < -0.3 is 4.52 Å². The van der Waals surface area contributed by atoms with Crippen molar-refractivity contribution in [1.29, 1.82) is 0 Å². The van der Waals surface area contributed by atoms with Crippen LogP contribution in [0, 0.1) is 0 Å². The number of hydrogen-bond acceptors (Lipinski definition) is 5. The van der Waals surface area contributed by atoms with Gasteiger partial charge in [0.05, 0.1) is 5.02 Å². The Morgan fingerprint density at radius 1 is 1.27 bits per heavy atom. The molecule has 0 saturated carbocycles. The Balaban J connectivity index is 1.99. The summed E-state index contributed by atoms with van der Waals surface area (Å²) in [5.41, 5.74) is -0.234. The van der Waals surface area contributed by atoms with E-state index in [0.717, 1.165) is 0 Å². The van der Waals surface area contributed by atoms with Gasteiger partial charge in [-0.15, -0.1) is 0 Å². The molecule has 0 aliphatic carbocycles. The highest BCUT2D eigenvalue weighted by atomic mass is 35.5.